The number of amides is 1. The van der Waals surface area contributed by atoms with Crippen LogP contribution in [0.25, 0.3) is 0 Å². The van der Waals surface area contributed by atoms with Gasteiger partial charge in [-0.25, -0.2) is 4.98 Å². The first-order chi connectivity index (χ1) is 21.7. The lowest BCUT2D eigenvalue weighted by molar-refractivity contribution is -0.121. The van der Waals surface area contributed by atoms with E-state index in [1.54, 1.807) is 37.8 Å². The Bertz CT molecular complexity index is 1640. The monoisotopic (exact) mass is 698 g/mol. The summed E-state index contributed by atoms with van der Waals surface area (Å²) in [5, 5.41) is 17.1. The summed E-state index contributed by atoms with van der Waals surface area (Å²) in [6.45, 7) is 5.59. The van der Waals surface area contributed by atoms with E-state index in [4.69, 9.17) is 45.4 Å². The molecule has 2 atom stereocenters. The summed E-state index contributed by atoms with van der Waals surface area (Å²) in [6.07, 6.45) is 4.44. The third-order valence-corrected chi connectivity index (χ3v) is 8.91. The minimum Gasteiger partial charge on any atom is -0.497 e. The Labute approximate surface area is 292 Å². The number of methoxy groups -OCH3 is 1. The molecule has 4 rings (SSSR count). The van der Waals surface area contributed by atoms with E-state index in [2.05, 4.69) is 35.5 Å². The zero-order valence-electron chi connectivity index (χ0n) is 25.9. The van der Waals surface area contributed by atoms with Gasteiger partial charge >= 0.3 is 0 Å². The number of hydrogen-bond donors (Lipinski definition) is 2. The molecule has 2 N–H and O–H groups in total. The molecule has 0 radical (unpaired) electrons. The Kier molecular flexibility index (Phi) is 14.2. The summed E-state index contributed by atoms with van der Waals surface area (Å²) in [6, 6.07) is 22.3. The fourth-order valence-corrected chi connectivity index (χ4v) is 5.44. The van der Waals surface area contributed by atoms with Gasteiger partial charge in [-0.2, -0.15) is 5.26 Å². The highest BCUT2D eigenvalue weighted by Gasteiger charge is 2.25. The third-order valence-electron chi connectivity index (χ3n) is 7.69. The molecule has 12 heteroatoms. The fraction of sp³-hybridized carbons (Fsp3) is 0.294. The largest absolute Gasteiger partial charge is 0.497 e. The molecule has 0 bridgehead atoms. The van der Waals surface area contributed by atoms with E-state index in [0.29, 0.717) is 40.4 Å². The lowest BCUT2D eigenvalue weighted by Gasteiger charge is -2.33. The number of rotatable bonds is 13. The summed E-state index contributed by atoms with van der Waals surface area (Å²) in [5.74, 6) is 0.780. The van der Waals surface area contributed by atoms with Gasteiger partial charge in [0, 0.05) is 43.3 Å². The molecule has 0 spiro atoms. The number of ether oxygens (including phenoxy) is 1. The molecule has 4 aromatic rings. The number of nitriles is 1. The summed E-state index contributed by atoms with van der Waals surface area (Å²) in [4.78, 5) is 19.8. The van der Waals surface area contributed by atoms with Crippen molar-refractivity contribution in [2.24, 2.45) is 5.92 Å². The molecule has 0 unspecified atom stereocenters. The van der Waals surface area contributed by atoms with E-state index in [-0.39, 0.29) is 36.7 Å². The van der Waals surface area contributed by atoms with E-state index in [9.17, 15) is 4.79 Å². The number of nitrogens with zero attached hydrogens (tertiary/aromatic N) is 4. The number of imidazole rings is 1. The molecule has 0 aliphatic heterocycles. The molecule has 0 aliphatic carbocycles. The molecule has 242 valence electrons. The Morgan fingerprint density at radius 1 is 1.13 bits per heavy atom. The van der Waals surface area contributed by atoms with Gasteiger partial charge in [-0.1, -0.05) is 67.7 Å². The molecular formula is C34H37Cl3N6O2S. The highest BCUT2D eigenvalue weighted by Crippen LogP contribution is 2.27. The fourth-order valence-electron chi connectivity index (χ4n) is 4.80. The van der Waals surface area contributed by atoms with Crippen molar-refractivity contribution in [2.75, 3.05) is 19.0 Å². The van der Waals surface area contributed by atoms with Gasteiger partial charge in [0.1, 0.15) is 5.75 Å². The van der Waals surface area contributed by atoms with E-state index >= 15 is 0 Å². The van der Waals surface area contributed by atoms with Crippen molar-refractivity contribution in [3.05, 3.63) is 112 Å². The Hall–Kier alpha value is -3.81. The standard InChI is InChI=1S/C34H36Cl2N6O2S.ClH/c1-4-23(2)31(40-32(43)16-28-18-38-22-42(28)19-25-10-8-24(17-37)9-11-25)21-41(20-26-6-5-7-30(35)33(26)36)34(45)39-27-12-14-29(44-3)15-13-27;/h5-15,18,22-23,31H,4,16,19-21H2,1-3H3,(H,39,45)(H,40,43);1H/t23-,31+;/m1./s1. The van der Waals surface area contributed by atoms with Gasteiger partial charge in [0.15, 0.2) is 5.11 Å². The Morgan fingerprint density at radius 2 is 1.85 bits per heavy atom. The summed E-state index contributed by atoms with van der Waals surface area (Å²) in [7, 11) is 1.62. The lowest BCUT2D eigenvalue weighted by atomic mass is 9.98. The highest BCUT2D eigenvalue weighted by molar-refractivity contribution is 7.80. The number of aromatic nitrogens is 2. The van der Waals surface area contributed by atoms with Crippen molar-refractivity contribution in [1.82, 2.24) is 19.8 Å². The van der Waals surface area contributed by atoms with Crippen LogP contribution in [0.3, 0.4) is 0 Å². The quantitative estimate of drug-likeness (QED) is 0.140. The molecule has 46 heavy (non-hydrogen) atoms. The summed E-state index contributed by atoms with van der Waals surface area (Å²) in [5.41, 5.74) is 4.04. The average Bonchev–Trinajstić information content (AvgIpc) is 3.48. The second kappa shape index (κ2) is 17.8. The van der Waals surface area contributed by atoms with Crippen LogP contribution in [0.4, 0.5) is 5.69 Å². The maximum absolute atomic E-state index is 13.5. The molecule has 0 aliphatic rings. The number of thiocarbonyl (C=S) groups is 1. The predicted molar refractivity (Wildman–Crippen MR) is 191 cm³/mol. The summed E-state index contributed by atoms with van der Waals surface area (Å²) >= 11 is 18.8. The maximum atomic E-state index is 13.5. The Balaban J connectivity index is 0.00000576. The number of carbonyl (C=O) groups excluding carboxylic acids is 1. The van der Waals surface area contributed by atoms with Crippen LogP contribution in [0.5, 0.6) is 5.75 Å². The van der Waals surface area contributed by atoms with Crippen molar-refractivity contribution in [3.8, 4) is 11.8 Å². The maximum Gasteiger partial charge on any atom is 0.226 e. The predicted octanol–water partition coefficient (Wildman–Crippen LogP) is 7.51. The van der Waals surface area contributed by atoms with Crippen LogP contribution in [0.15, 0.2) is 79.3 Å². The van der Waals surface area contributed by atoms with Gasteiger partial charge in [0.25, 0.3) is 0 Å². The van der Waals surface area contributed by atoms with Gasteiger partial charge in [-0.15, -0.1) is 12.4 Å². The molecule has 8 nitrogen and oxygen atoms in total. The first-order valence-electron chi connectivity index (χ1n) is 14.6. The second-order valence-corrected chi connectivity index (χ2v) is 12.0. The zero-order chi connectivity index (χ0) is 32.3. The van der Waals surface area contributed by atoms with Crippen molar-refractivity contribution in [3.63, 3.8) is 0 Å². The summed E-state index contributed by atoms with van der Waals surface area (Å²) < 4.78 is 7.23. The van der Waals surface area contributed by atoms with Crippen LogP contribution in [0.1, 0.15) is 42.7 Å². The normalized spacial score (nSPS) is 11.8. The molecular weight excluding hydrogens is 663 g/mol. The number of nitrogens with one attached hydrogen (secondary N) is 2. The molecule has 0 saturated carbocycles. The van der Waals surface area contributed by atoms with Crippen molar-refractivity contribution >= 4 is 64.5 Å². The van der Waals surface area contributed by atoms with Gasteiger partial charge in [-0.3, -0.25) is 4.79 Å². The van der Waals surface area contributed by atoms with Crippen LogP contribution in [-0.4, -0.2) is 45.2 Å². The van der Waals surface area contributed by atoms with Crippen LogP contribution >= 0.6 is 47.8 Å². The van der Waals surface area contributed by atoms with Crippen molar-refractivity contribution < 1.29 is 9.53 Å². The van der Waals surface area contributed by atoms with Crippen LogP contribution < -0.4 is 15.4 Å². The van der Waals surface area contributed by atoms with E-state index in [1.807, 2.05) is 58.0 Å². The molecule has 1 amide bonds. The SMILES string of the molecule is CC[C@@H](C)[C@H](CN(Cc1cccc(Cl)c1Cl)C(=S)Nc1ccc(OC)cc1)NC(=O)Cc1cncn1Cc1ccc(C#N)cc1.Cl. The molecule has 0 fully saturated rings. The van der Waals surface area contributed by atoms with Crippen molar-refractivity contribution in [1.29, 1.82) is 5.26 Å². The van der Waals surface area contributed by atoms with Gasteiger partial charge < -0.3 is 24.8 Å². The number of anilines is 1. The first-order valence-corrected chi connectivity index (χ1v) is 15.8. The zero-order valence-corrected chi connectivity index (χ0v) is 29.0. The van der Waals surface area contributed by atoms with Crippen molar-refractivity contribution in [2.45, 2.75) is 45.8 Å². The van der Waals surface area contributed by atoms with E-state index < -0.39 is 0 Å². The number of halogens is 3. The first kappa shape index (κ1) is 36.7. The minimum atomic E-state index is -0.217. The van der Waals surface area contributed by atoms with Crippen LogP contribution in [-0.2, 0) is 24.3 Å². The Morgan fingerprint density at radius 3 is 2.50 bits per heavy atom. The molecule has 0 saturated heterocycles. The lowest BCUT2D eigenvalue weighted by Crippen LogP contribution is -2.50. The molecule has 1 aromatic heterocycles. The van der Waals surface area contributed by atoms with Crippen LogP contribution in [0.2, 0.25) is 10.0 Å². The topological polar surface area (TPSA) is 95.2 Å². The van der Waals surface area contributed by atoms with E-state index in [1.165, 1.54) is 0 Å². The van der Waals surface area contributed by atoms with Gasteiger partial charge in [-0.05, 0) is 71.7 Å². The average molecular weight is 700 g/mol. The van der Waals surface area contributed by atoms with E-state index in [0.717, 1.165) is 34.7 Å². The number of benzene rings is 3. The van der Waals surface area contributed by atoms with Crippen LogP contribution in [0, 0.1) is 17.2 Å². The number of hydrogen-bond acceptors (Lipinski definition) is 5. The minimum absolute atomic E-state index is 0. The van der Waals surface area contributed by atoms with Gasteiger partial charge in [0.05, 0.1) is 41.5 Å². The number of carbonyl (C=O) groups is 1. The third kappa shape index (κ3) is 10.1. The highest BCUT2D eigenvalue weighted by atomic mass is 35.5. The molecule has 1 heterocycles. The van der Waals surface area contributed by atoms with Gasteiger partial charge in [0.2, 0.25) is 5.91 Å². The second-order valence-electron chi connectivity index (χ2n) is 10.8. The molecule has 3 aromatic carbocycles. The smallest absolute Gasteiger partial charge is 0.226 e.